The van der Waals surface area contributed by atoms with Crippen molar-refractivity contribution in [2.75, 3.05) is 13.1 Å². The van der Waals surface area contributed by atoms with Crippen LogP contribution < -0.4 is 5.32 Å². The van der Waals surface area contributed by atoms with Crippen LogP contribution in [0.1, 0.15) is 37.9 Å². The van der Waals surface area contributed by atoms with E-state index in [4.69, 9.17) is 0 Å². The zero-order valence-corrected chi connectivity index (χ0v) is 16.1. The summed E-state index contributed by atoms with van der Waals surface area (Å²) < 4.78 is 13.9. The van der Waals surface area contributed by atoms with Gasteiger partial charge in [0.1, 0.15) is 11.9 Å². The van der Waals surface area contributed by atoms with Gasteiger partial charge in [0.05, 0.1) is 0 Å². The van der Waals surface area contributed by atoms with Gasteiger partial charge < -0.3 is 10.2 Å². The average Bonchev–Trinajstić information content (AvgIpc) is 2.69. The maximum atomic E-state index is 13.9. The fourth-order valence-corrected chi connectivity index (χ4v) is 3.02. The van der Waals surface area contributed by atoms with E-state index in [0.29, 0.717) is 18.7 Å². The van der Waals surface area contributed by atoms with Crippen LogP contribution in [0.25, 0.3) is 0 Å². The predicted molar refractivity (Wildman–Crippen MR) is 105 cm³/mol. The topological polar surface area (TPSA) is 49.4 Å². The normalized spacial score (nSPS) is 12.9. The second kappa shape index (κ2) is 9.86. The van der Waals surface area contributed by atoms with Crippen molar-refractivity contribution < 1.29 is 14.0 Å². The Morgan fingerprint density at radius 2 is 1.59 bits per heavy atom. The van der Waals surface area contributed by atoms with Crippen LogP contribution in [0.15, 0.2) is 54.6 Å². The summed E-state index contributed by atoms with van der Waals surface area (Å²) >= 11 is 0. The highest BCUT2D eigenvalue weighted by molar-refractivity contribution is 5.89. The largest absolute Gasteiger partial charge is 0.341 e. The Morgan fingerprint density at radius 3 is 2.19 bits per heavy atom. The van der Waals surface area contributed by atoms with Crippen LogP contribution >= 0.6 is 0 Å². The first-order chi connectivity index (χ1) is 13.0. The molecule has 1 N–H and O–H groups in total. The Bertz CT molecular complexity index is 760. The van der Waals surface area contributed by atoms with Gasteiger partial charge in [0.25, 0.3) is 0 Å². The van der Waals surface area contributed by atoms with E-state index in [-0.39, 0.29) is 24.1 Å². The number of hydrogen-bond acceptors (Lipinski definition) is 2. The van der Waals surface area contributed by atoms with Crippen molar-refractivity contribution in [1.29, 1.82) is 0 Å². The lowest BCUT2D eigenvalue weighted by atomic mass is 9.98. The van der Waals surface area contributed by atoms with Gasteiger partial charge in [-0.1, -0.05) is 55.5 Å². The number of benzene rings is 2. The van der Waals surface area contributed by atoms with Crippen LogP contribution in [-0.4, -0.2) is 29.8 Å². The van der Waals surface area contributed by atoms with Gasteiger partial charge in [0.2, 0.25) is 11.8 Å². The number of carbonyl (C=O) groups is 2. The number of amides is 2. The SMILES string of the molecule is CCN(CC)C(=O)[C@@H](NC(=O)C(C)Cc1ccccc1F)c1ccccc1. The minimum atomic E-state index is -0.748. The monoisotopic (exact) mass is 370 g/mol. The molecule has 27 heavy (non-hydrogen) atoms. The van der Waals surface area contributed by atoms with E-state index in [1.807, 2.05) is 44.2 Å². The molecule has 0 aliphatic carbocycles. The maximum Gasteiger partial charge on any atom is 0.249 e. The summed E-state index contributed by atoms with van der Waals surface area (Å²) in [7, 11) is 0. The first kappa shape index (κ1) is 20.6. The second-order valence-electron chi connectivity index (χ2n) is 6.56. The number of halogens is 1. The van der Waals surface area contributed by atoms with Gasteiger partial charge in [-0.25, -0.2) is 4.39 Å². The lowest BCUT2D eigenvalue weighted by Crippen LogP contribution is -2.44. The van der Waals surface area contributed by atoms with Gasteiger partial charge in [0, 0.05) is 19.0 Å². The molecule has 1 unspecified atom stereocenters. The first-order valence-corrected chi connectivity index (χ1v) is 9.35. The third kappa shape index (κ3) is 5.39. The molecule has 5 heteroatoms. The van der Waals surface area contributed by atoms with E-state index in [1.54, 1.807) is 30.0 Å². The molecule has 0 aliphatic heterocycles. The van der Waals surface area contributed by atoms with Crippen LogP contribution in [-0.2, 0) is 16.0 Å². The molecule has 0 aliphatic rings. The molecule has 2 rings (SSSR count). The van der Waals surface area contributed by atoms with E-state index < -0.39 is 12.0 Å². The van der Waals surface area contributed by atoms with E-state index in [0.717, 1.165) is 5.56 Å². The number of nitrogens with one attached hydrogen (secondary N) is 1. The zero-order chi connectivity index (χ0) is 19.8. The van der Waals surface area contributed by atoms with Gasteiger partial charge in [0.15, 0.2) is 0 Å². The number of nitrogens with zero attached hydrogens (tertiary/aromatic N) is 1. The summed E-state index contributed by atoms with van der Waals surface area (Å²) in [5.41, 5.74) is 1.23. The Morgan fingerprint density at radius 1 is 1.00 bits per heavy atom. The van der Waals surface area contributed by atoms with Crippen molar-refractivity contribution in [1.82, 2.24) is 10.2 Å². The van der Waals surface area contributed by atoms with Crippen molar-refractivity contribution >= 4 is 11.8 Å². The van der Waals surface area contributed by atoms with Crippen LogP contribution in [0.5, 0.6) is 0 Å². The average molecular weight is 370 g/mol. The molecule has 2 amide bonds. The third-order valence-corrected chi connectivity index (χ3v) is 4.67. The molecule has 0 saturated carbocycles. The van der Waals surface area contributed by atoms with E-state index in [2.05, 4.69) is 5.32 Å². The van der Waals surface area contributed by atoms with Gasteiger partial charge in [-0.15, -0.1) is 0 Å². The summed E-state index contributed by atoms with van der Waals surface area (Å²) in [6.45, 7) is 6.70. The lowest BCUT2D eigenvalue weighted by Gasteiger charge is -2.27. The highest BCUT2D eigenvalue weighted by atomic mass is 19.1. The molecule has 144 valence electrons. The van der Waals surface area contributed by atoms with Crippen molar-refractivity contribution in [3.63, 3.8) is 0 Å². The first-order valence-electron chi connectivity index (χ1n) is 9.35. The minimum Gasteiger partial charge on any atom is -0.341 e. The Balaban J connectivity index is 2.17. The number of likely N-dealkylation sites (N-methyl/N-ethyl adjacent to an activating group) is 1. The fraction of sp³-hybridized carbons (Fsp3) is 0.364. The quantitative estimate of drug-likeness (QED) is 0.770. The number of hydrogen-bond donors (Lipinski definition) is 1. The molecule has 2 aromatic rings. The third-order valence-electron chi connectivity index (χ3n) is 4.67. The Kier molecular flexibility index (Phi) is 7.53. The van der Waals surface area contributed by atoms with E-state index in [9.17, 15) is 14.0 Å². The van der Waals surface area contributed by atoms with Crippen LogP contribution in [0, 0.1) is 11.7 Å². The van der Waals surface area contributed by atoms with Gasteiger partial charge in [-0.05, 0) is 37.5 Å². The molecule has 4 nitrogen and oxygen atoms in total. The predicted octanol–water partition coefficient (Wildman–Crippen LogP) is 3.73. The smallest absolute Gasteiger partial charge is 0.249 e. The van der Waals surface area contributed by atoms with Crippen LogP contribution in [0.2, 0.25) is 0 Å². The van der Waals surface area contributed by atoms with Crippen molar-refractivity contribution in [2.45, 2.75) is 33.2 Å². The molecule has 2 aromatic carbocycles. The molecule has 0 bridgehead atoms. The zero-order valence-electron chi connectivity index (χ0n) is 16.1. The fourth-order valence-electron chi connectivity index (χ4n) is 3.02. The highest BCUT2D eigenvalue weighted by Crippen LogP contribution is 2.18. The molecule has 0 radical (unpaired) electrons. The maximum absolute atomic E-state index is 13.9. The van der Waals surface area contributed by atoms with E-state index in [1.165, 1.54) is 6.07 Å². The molecule has 2 atom stereocenters. The molecular formula is C22H27FN2O2. The molecule has 0 heterocycles. The summed E-state index contributed by atoms with van der Waals surface area (Å²) in [5.74, 6) is -1.20. The van der Waals surface area contributed by atoms with Crippen molar-refractivity contribution in [3.8, 4) is 0 Å². The van der Waals surface area contributed by atoms with Crippen molar-refractivity contribution in [2.24, 2.45) is 5.92 Å². The summed E-state index contributed by atoms with van der Waals surface area (Å²) in [6.07, 6.45) is 0.277. The number of carbonyl (C=O) groups excluding carboxylic acids is 2. The molecular weight excluding hydrogens is 343 g/mol. The standard InChI is InChI=1S/C22H27FN2O2/c1-4-25(5-2)22(27)20(17-11-7-6-8-12-17)24-21(26)16(3)15-18-13-9-10-14-19(18)23/h6-14,16,20H,4-5,15H2,1-3H3,(H,24,26)/t16?,20-/m0/s1. The highest BCUT2D eigenvalue weighted by Gasteiger charge is 2.28. The Hall–Kier alpha value is -2.69. The lowest BCUT2D eigenvalue weighted by molar-refractivity contribution is -0.137. The molecule has 0 saturated heterocycles. The molecule has 0 aromatic heterocycles. The van der Waals surface area contributed by atoms with Crippen molar-refractivity contribution in [3.05, 3.63) is 71.5 Å². The van der Waals surface area contributed by atoms with Gasteiger partial charge in [-0.2, -0.15) is 0 Å². The second-order valence-corrected chi connectivity index (χ2v) is 6.56. The molecule has 0 fully saturated rings. The summed E-state index contributed by atoms with van der Waals surface area (Å²) in [4.78, 5) is 27.4. The van der Waals surface area contributed by atoms with Gasteiger partial charge >= 0.3 is 0 Å². The summed E-state index contributed by atoms with van der Waals surface area (Å²) in [5, 5.41) is 2.87. The minimum absolute atomic E-state index is 0.141. The van der Waals surface area contributed by atoms with Crippen LogP contribution in [0.3, 0.4) is 0 Å². The summed E-state index contributed by atoms with van der Waals surface area (Å²) in [6, 6.07) is 14.9. The Labute approximate surface area is 160 Å². The van der Waals surface area contributed by atoms with Gasteiger partial charge in [-0.3, -0.25) is 9.59 Å². The van der Waals surface area contributed by atoms with Crippen LogP contribution in [0.4, 0.5) is 4.39 Å². The molecule has 0 spiro atoms. The van der Waals surface area contributed by atoms with E-state index >= 15 is 0 Å². The number of rotatable bonds is 8.